The van der Waals surface area contributed by atoms with E-state index in [-0.39, 0.29) is 17.4 Å². The Bertz CT molecular complexity index is 1180. The van der Waals surface area contributed by atoms with Crippen LogP contribution in [-0.4, -0.2) is 26.9 Å². The Morgan fingerprint density at radius 2 is 1.65 bits per heavy atom. The van der Waals surface area contributed by atoms with Gasteiger partial charge in [-0.05, 0) is 74.6 Å². The lowest BCUT2D eigenvalue weighted by atomic mass is 9.85. The van der Waals surface area contributed by atoms with Gasteiger partial charge in [0.1, 0.15) is 0 Å². The second-order valence-electron chi connectivity index (χ2n) is 9.53. The molecule has 1 N–H and O–H groups in total. The van der Waals surface area contributed by atoms with Gasteiger partial charge in [0.15, 0.2) is 5.50 Å². The number of rotatable bonds is 5. The minimum atomic E-state index is -0.0932. The van der Waals surface area contributed by atoms with Gasteiger partial charge in [-0.1, -0.05) is 67.9 Å². The van der Waals surface area contributed by atoms with E-state index < -0.39 is 0 Å². The Balaban J connectivity index is 1.49. The van der Waals surface area contributed by atoms with Crippen molar-refractivity contribution in [1.29, 1.82) is 0 Å². The van der Waals surface area contributed by atoms with Crippen LogP contribution in [0.2, 0.25) is 0 Å². The third-order valence-electron chi connectivity index (χ3n) is 7.20. The zero-order chi connectivity index (χ0) is 23.7. The molecule has 5 rings (SSSR count). The van der Waals surface area contributed by atoms with Crippen LogP contribution in [0, 0.1) is 19.8 Å². The Labute approximate surface area is 207 Å². The monoisotopic (exact) mass is 471 g/mol. The topological polar surface area (TPSA) is 37.3 Å². The summed E-state index contributed by atoms with van der Waals surface area (Å²) in [6.45, 7) is 6.56. The molecular weight excluding hydrogens is 438 g/mol. The van der Waals surface area contributed by atoms with Crippen molar-refractivity contribution in [3.05, 3.63) is 88.6 Å². The Hall–Kier alpha value is -2.92. The van der Waals surface area contributed by atoms with Gasteiger partial charge in [0.05, 0.1) is 4.91 Å². The summed E-state index contributed by atoms with van der Waals surface area (Å²) < 4.78 is 2.26. The van der Waals surface area contributed by atoms with E-state index in [9.17, 15) is 4.79 Å². The first-order chi connectivity index (χ1) is 16.5. The van der Waals surface area contributed by atoms with E-state index in [0.717, 1.165) is 34.0 Å². The molecule has 1 aliphatic carbocycles. The van der Waals surface area contributed by atoms with Crippen molar-refractivity contribution < 1.29 is 4.79 Å². The van der Waals surface area contributed by atoms with Crippen molar-refractivity contribution in [3.8, 4) is 5.69 Å². The van der Waals surface area contributed by atoms with Crippen LogP contribution in [0.1, 0.15) is 49.6 Å². The van der Waals surface area contributed by atoms with E-state index in [1.54, 1.807) is 11.8 Å². The van der Waals surface area contributed by atoms with Crippen LogP contribution >= 0.6 is 11.8 Å². The number of nitrogens with one attached hydrogen (secondary N) is 1. The highest BCUT2D eigenvalue weighted by molar-refractivity contribution is 8.05. The quantitative estimate of drug-likeness (QED) is 0.408. The average Bonchev–Trinajstić information content (AvgIpc) is 3.30. The molecule has 2 aliphatic rings. The number of amides is 1. The predicted molar refractivity (Wildman–Crippen MR) is 143 cm³/mol. The molecule has 1 aromatic heterocycles. The standard InChI is InChI=1S/C29H33N3OS/c1-20-12-10-11-17-26(20)32-28(33)27(34-29(32)30-24-13-6-4-7-14-24)19-23-18-21(2)31(22(23)3)25-15-8-5-9-16-25/h4-9,13-16,18-20,26,29-30H,10-12,17H2,1-3H3/b27-19-/t20-,26-,29?/m0/s1. The summed E-state index contributed by atoms with van der Waals surface area (Å²) in [5.74, 6) is 0.669. The number of aryl methyl sites for hydroxylation is 1. The van der Waals surface area contributed by atoms with Gasteiger partial charge in [-0.25, -0.2) is 0 Å². The normalized spacial score (nSPS) is 24.1. The summed E-state index contributed by atoms with van der Waals surface area (Å²) in [7, 11) is 0. The summed E-state index contributed by atoms with van der Waals surface area (Å²) in [4.78, 5) is 16.8. The van der Waals surface area contributed by atoms with Crippen LogP contribution in [-0.2, 0) is 4.79 Å². The minimum absolute atomic E-state index is 0.0932. The van der Waals surface area contributed by atoms with Gasteiger partial charge in [-0.15, -0.1) is 0 Å². The third-order valence-corrected chi connectivity index (χ3v) is 8.31. The molecule has 176 valence electrons. The van der Waals surface area contributed by atoms with E-state index in [1.165, 1.54) is 25.0 Å². The molecule has 2 fully saturated rings. The maximum absolute atomic E-state index is 13.8. The van der Waals surface area contributed by atoms with Crippen molar-refractivity contribution in [3.63, 3.8) is 0 Å². The molecule has 5 heteroatoms. The second kappa shape index (κ2) is 9.75. The molecule has 3 aromatic rings. The summed E-state index contributed by atoms with van der Waals surface area (Å²) >= 11 is 1.65. The van der Waals surface area contributed by atoms with E-state index in [0.29, 0.717) is 5.92 Å². The second-order valence-corrected chi connectivity index (χ2v) is 10.7. The van der Waals surface area contributed by atoms with Crippen LogP contribution in [0.3, 0.4) is 0 Å². The Kier molecular flexibility index (Phi) is 6.55. The summed E-state index contributed by atoms with van der Waals surface area (Å²) in [6, 6.07) is 23.1. The van der Waals surface area contributed by atoms with Gasteiger partial charge >= 0.3 is 0 Å². The van der Waals surface area contributed by atoms with Crippen molar-refractivity contribution in [2.45, 2.75) is 58.0 Å². The smallest absolute Gasteiger partial charge is 0.262 e. The lowest BCUT2D eigenvalue weighted by molar-refractivity contribution is -0.129. The van der Waals surface area contributed by atoms with Gasteiger partial charge in [0, 0.05) is 28.8 Å². The van der Waals surface area contributed by atoms with Gasteiger partial charge in [0.2, 0.25) is 0 Å². The van der Waals surface area contributed by atoms with Crippen molar-refractivity contribution in [2.75, 3.05) is 5.32 Å². The highest BCUT2D eigenvalue weighted by atomic mass is 32.2. The van der Waals surface area contributed by atoms with Gasteiger partial charge in [-0.2, -0.15) is 0 Å². The summed E-state index contributed by atoms with van der Waals surface area (Å²) in [5, 5.41) is 3.63. The Morgan fingerprint density at radius 3 is 2.35 bits per heavy atom. The third kappa shape index (κ3) is 4.41. The minimum Gasteiger partial charge on any atom is -0.356 e. The highest BCUT2D eigenvalue weighted by Crippen LogP contribution is 2.42. The van der Waals surface area contributed by atoms with Crippen LogP contribution in [0.5, 0.6) is 0 Å². The number of aromatic nitrogens is 1. The van der Waals surface area contributed by atoms with Crippen LogP contribution in [0.25, 0.3) is 11.8 Å². The number of para-hydroxylation sites is 2. The first-order valence-electron chi connectivity index (χ1n) is 12.3. The fourth-order valence-corrected chi connectivity index (χ4v) is 6.62. The SMILES string of the molecule is Cc1cc(/C=C2\SC(Nc3ccccc3)N([C@H]3CCCC[C@@H]3C)C2=O)c(C)n1-c1ccccc1. The first kappa shape index (κ1) is 22.9. The first-order valence-corrected chi connectivity index (χ1v) is 13.2. The number of nitrogens with zero attached hydrogens (tertiary/aromatic N) is 2. The molecule has 3 atom stereocenters. The maximum Gasteiger partial charge on any atom is 0.262 e. The summed E-state index contributed by atoms with van der Waals surface area (Å²) in [5.41, 5.74) is 5.53. The molecule has 4 nitrogen and oxygen atoms in total. The molecule has 1 saturated heterocycles. The van der Waals surface area contributed by atoms with E-state index >= 15 is 0 Å². The molecule has 2 aromatic carbocycles. The fourth-order valence-electron chi connectivity index (χ4n) is 5.42. The number of thioether (sulfide) groups is 1. The van der Waals surface area contributed by atoms with Crippen molar-refractivity contribution >= 4 is 29.4 Å². The average molecular weight is 472 g/mol. The number of carbonyl (C=O) groups excluding carboxylic acids is 1. The van der Waals surface area contributed by atoms with Gasteiger partial charge in [0.25, 0.3) is 5.91 Å². The molecule has 0 radical (unpaired) electrons. The number of carbonyl (C=O) groups is 1. The number of hydrogen-bond donors (Lipinski definition) is 1. The zero-order valence-electron chi connectivity index (χ0n) is 20.2. The molecule has 2 heterocycles. The number of anilines is 1. The molecule has 1 aliphatic heterocycles. The highest BCUT2D eigenvalue weighted by Gasteiger charge is 2.43. The van der Waals surface area contributed by atoms with Gasteiger partial charge in [-0.3, -0.25) is 4.79 Å². The van der Waals surface area contributed by atoms with Crippen molar-refractivity contribution in [1.82, 2.24) is 9.47 Å². The lowest BCUT2D eigenvalue weighted by Crippen LogP contribution is -2.48. The largest absolute Gasteiger partial charge is 0.356 e. The fraction of sp³-hybridized carbons (Fsp3) is 0.345. The summed E-state index contributed by atoms with van der Waals surface area (Å²) in [6.07, 6.45) is 6.82. The number of benzene rings is 2. The van der Waals surface area contributed by atoms with Gasteiger partial charge < -0.3 is 14.8 Å². The Morgan fingerprint density at radius 1 is 0.971 bits per heavy atom. The lowest BCUT2D eigenvalue weighted by Gasteiger charge is -2.39. The maximum atomic E-state index is 13.8. The van der Waals surface area contributed by atoms with E-state index in [4.69, 9.17) is 0 Å². The van der Waals surface area contributed by atoms with E-state index in [2.05, 4.69) is 84.1 Å². The molecule has 0 spiro atoms. The van der Waals surface area contributed by atoms with Crippen molar-refractivity contribution in [2.24, 2.45) is 5.92 Å². The molecule has 1 saturated carbocycles. The zero-order valence-corrected chi connectivity index (χ0v) is 21.0. The molecule has 1 unspecified atom stereocenters. The van der Waals surface area contributed by atoms with E-state index in [1.807, 2.05) is 24.3 Å². The molecular formula is C29H33N3OS. The molecule has 34 heavy (non-hydrogen) atoms. The van der Waals surface area contributed by atoms with Crippen LogP contribution in [0.15, 0.2) is 71.6 Å². The van der Waals surface area contributed by atoms with Crippen LogP contribution in [0.4, 0.5) is 5.69 Å². The molecule has 0 bridgehead atoms. The number of hydrogen-bond acceptors (Lipinski definition) is 3. The molecule has 1 amide bonds. The predicted octanol–water partition coefficient (Wildman–Crippen LogP) is 6.98. The van der Waals surface area contributed by atoms with Crippen LogP contribution < -0.4 is 5.32 Å².